The van der Waals surface area contributed by atoms with Crippen LogP contribution in [0.2, 0.25) is 0 Å². The molecule has 0 radical (unpaired) electrons. The summed E-state index contributed by atoms with van der Waals surface area (Å²) in [5, 5.41) is 12.4. The Morgan fingerprint density at radius 3 is 2.32 bits per heavy atom. The van der Waals surface area contributed by atoms with E-state index in [-0.39, 0.29) is 0 Å². The van der Waals surface area contributed by atoms with Gasteiger partial charge in [0.15, 0.2) is 0 Å². The van der Waals surface area contributed by atoms with E-state index in [0.717, 1.165) is 44.8 Å². The molecule has 1 saturated heterocycles. The average molecular weight is 447 g/mol. The quantitative estimate of drug-likeness (QED) is 0.304. The van der Waals surface area contributed by atoms with Gasteiger partial charge in [-0.15, -0.1) is 0 Å². The van der Waals surface area contributed by atoms with Crippen molar-refractivity contribution < 1.29 is 0 Å². The van der Waals surface area contributed by atoms with Crippen LogP contribution in [0.3, 0.4) is 0 Å². The van der Waals surface area contributed by atoms with E-state index in [2.05, 4.69) is 106 Å². The highest BCUT2D eigenvalue weighted by Gasteiger charge is 2.16. The minimum Gasteiger partial charge on any atom is -0.341 e. The Morgan fingerprint density at radius 1 is 0.735 bits per heavy atom. The van der Waals surface area contributed by atoms with E-state index in [1.807, 2.05) is 6.21 Å². The van der Waals surface area contributed by atoms with Crippen molar-refractivity contribution in [2.45, 2.75) is 20.0 Å². The molecule has 5 aromatic rings. The summed E-state index contributed by atoms with van der Waals surface area (Å²) < 4.78 is 2.39. The van der Waals surface area contributed by atoms with Crippen molar-refractivity contribution in [2.24, 2.45) is 5.10 Å². The standard InChI is InChI=1S/C30H30N4/c1-2-34-29-13-6-5-12-27(29)28-20-23(14-15-30(28)34)21-31-33-18-16-32(17-19-33)22-25-10-7-9-24-8-3-4-11-26(24)25/h3-15,20-21H,2,16-19,22H2,1H3. The van der Waals surface area contributed by atoms with Crippen molar-refractivity contribution in [3.63, 3.8) is 0 Å². The number of nitrogens with zero attached hydrogens (tertiary/aromatic N) is 4. The van der Waals surface area contributed by atoms with E-state index in [9.17, 15) is 0 Å². The Hall–Kier alpha value is -3.63. The molecule has 0 aliphatic carbocycles. The molecule has 34 heavy (non-hydrogen) atoms. The van der Waals surface area contributed by atoms with Gasteiger partial charge in [-0.2, -0.15) is 5.10 Å². The zero-order chi connectivity index (χ0) is 22.9. The summed E-state index contributed by atoms with van der Waals surface area (Å²) in [5.41, 5.74) is 5.17. The van der Waals surface area contributed by atoms with Gasteiger partial charge in [-0.1, -0.05) is 66.7 Å². The highest BCUT2D eigenvalue weighted by molar-refractivity contribution is 6.09. The molecule has 1 fully saturated rings. The number of aromatic nitrogens is 1. The highest BCUT2D eigenvalue weighted by atomic mass is 15.5. The van der Waals surface area contributed by atoms with E-state index >= 15 is 0 Å². The zero-order valence-corrected chi connectivity index (χ0v) is 19.7. The Bertz CT molecular complexity index is 1480. The Balaban J connectivity index is 1.15. The fraction of sp³-hybridized carbons (Fsp3) is 0.233. The molecule has 4 aromatic carbocycles. The number of fused-ring (bicyclic) bond motifs is 4. The number of piperazine rings is 1. The number of hydrogen-bond donors (Lipinski definition) is 0. The first-order valence-corrected chi connectivity index (χ1v) is 12.3. The van der Waals surface area contributed by atoms with Crippen molar-refractivity contribution >= 4 is 38.8 Å². The maximum atomic E-state index is 4.83. The predicted molar refractivity (Wildman–Crippen MR) is 144 cm³/mol. The second kappa shape index (κ2) is 8.96. The number of para-hydroxylation sites is 1. The predicted octanol–water partition coefficient (Wildman–Crippen LogP) is 6.12. The Labute approximate surface area is 200 Å². The van der Waals surface area contributed by atoms with Crippen LogP contribution >= 0.6 is 0 Å². The van der Waals surface area contributed by atoms with E-state index in [1.54, 1.807) is 0 Å². The fourth-order valence-electron chi connectivity index (χ4n) is 5.32. The van der Waals surface area contributed by atoms with Gasteiger partial charge in [0.2, 0.25) is 0 Å². The van der Waals surface area contributed by atoms with Crippen LogP contribution in [0.1, 0.15) is 18.1 Å². The number of hydrazone groups is 1. The summed E-state index contributed by atoms with van der Waals surface area (Å²) in [6.07, 6.45) is 2.03. The van der Waals surface area contributed by atoms with Gasteiger partial charge in [-0.25, -0.2) is 0 Å². The third kappa shape index (κ3) is 3.84. The van der Waals surface area contributed by atoms with Crippen molar-refractivity contribution in [2.75, 3.05) is 26.2 Å². The normalized spacial score (nSPS) is 15.3. The summed E-state index contributed by atoms with van der Waals surface area (Å²) in [7, 11) is 0. The Morgan fingerprint density at radius 2 is 1.47 bits per heavy atom. The first kappa shape index (κ1) is 20.9. The third-order valence-corrected chi connectivity index (χ3v) is 7.11. The molecule has 0 amide bonds. The molecule has 0 spiro atoms. The summed E-state index contributed by atoms with van der Waals surface area (Å²) in [5.74, 6) is 0. The second-order valence-corrected chi connectivity index (χ2v) is 9.15. The molecule has 0 bridgehead atoms. The van der Waals surface area contributed by atoms with Crippen LogP contribution in [0.4, 0.5) is 0 Å². The van der Waals surface area contributed by atoms with Crippen LogP contribution in [-0.4, -0.2) is 46.9 Å². The summed E-state index contributed by atoms with van der Waals surface area (Å²) in [6, 6.07) is 30.7. The van der Waals surface area contributed by atoms with Gasteiger partial charge in [0, 0.05) is 61.1 Å². The minimum absolute atomic E-state index is 0.957. The molecule has 1 aliphatic heterocycles. The molecule has 1 aromatic heterocycles. The minimum atomic E-state index is 0.957. The van der Waals surface area contributed by atoms with Crippen molar-refractivity contribution in [1.82, 2.24) is 14.5 Å². The molecule has 6 rings (SSSR count). The fourth-order valence-corrected chi connectivity index (χ4v) is 5.32. The monoisotopic (exact) mass is 446 g/mol. The van der Waals surface area contributed by atoms with Gasteiger partial charge in [-0.05, 0) is 47.0 Å². The van der Waals surface area contributed by atoms with Gasteiger partial charge in [0.1, 0.15) is 0 Å². The molecule has 0 N–H and O–H groups in total. The van der Waals surface area contributed by atoms with Crippen LogP contribution in [0.15, 0.2) is 90.0 Å². The molecule has 0 atom stereocenters. The lowest BCUT2D eigenvalue weighted by Crippen LogP contribution is -2.43. The van der Waals surface area contributed by atoms with Gasteiger partial charge in [0.25, 0.3) is 0 Å². The Kier molecular flexibility index (Phi) is 5.52. The zero-order valence-electron chi connectivity index (χ0n) is 19.7. The van der Waals surface area contributed by atoms with Crippen molar-refractivity contribution in [3.05, 3.63) is 96.1 Å². The molecular formula is C30H30N4. The largest absolute Gasteiger partial charge is 0.341 e. The first-order chi connectivity index (χ1) is 16.8. The van der Waals surface area contributed by atoms with Crippen LogP contribution in [0.25, 0.3) is 32.6 Å². The van der Waals surface area contributed by atoms with Crippen LogP contribution in [-0.2, 0) is 13.1 Å². The highest BCUT2D eigenvalue weighted by Crippen LogP contribution is 2.29. The number of benzene rings is 4. The van der Waals surface area contributed by atoms with Crippen molar-refractivity contribution in [1.29, 1.82) is 0 Å². The van der Waals surface area contributed by atoms with E-state index in [0.29, 0.717) is 0 Å². The van der Waals surface area contributed by atoms with Crippen molar-refractivity contribution in [3.8, 4) is 0 Å². The lowest BCUT2D eigenvalue weighted by molar-refractivity contribution is 0.131. The SMILES string of the molecule is CCn1c2ccccc2c2cc(C=NN3CCN(Cc4cccc5ccccc45)CC3)ccc21. The molecule has 4 nitrogen and oxygen atoms in total. The summed E-state index contributed by atoms with van der Waals surface area (Å²) >= 11 is 0. The lowest BCUT2D eigenvalue weighted by atomic mass is 10.0. The maximum Gasteiger partial charge on any atom is 0.0543 e. The van der Waals surface area contributed by atoms with Gasteiger partial charge < -0.3 is 4.57 Å². The van der Waals surface area contributed by atoms with E-state index in [4.69, 9.17) is 5.10 Å². The molecule has 0 saturated carbocycles. The summed E-state index contributed by atoms with van der Waals surface area (Å²) in [4.78, 5) is 2.54. The van der Waals surface area contributed by atoms with Gasteiger partial charge >= 0.3 is 0 Å². The maximum absolute atomic E-state index is 4.83. The number of aryl methyl sites for hydroxylation is 1. The molecule has 1 aliphatic rings. The summed E-state index contributed by atoms with van der Waals surface area (Å²) in [6.45, 7) is 8.16. The van der Waals surface area contributed by atoms with E-state index < -0.39 is 0 Å². The second-order valence-electron chi connectivity index (χ2n) is 9.15. The molecule has 0 unspecified atom stereocenters. The van der Waals surface area contributed by atoms with Crippen LogP contribution < -0.4 is 0 Å². The molecule has 2 heterocycles. The molecular weight excluding hydrogens is 416 g/mol. The topological polar surface area (TPSA) is 23.8 Å². The van der Waals surface area contributed by atoms with Gasteiger partial charge in [-0.3, -0.25) is 9.91 Å². The number of hydrogen-bond acceptors (Lipinski definition) is 3. The average Bonchev–Trinajstić information content (AvgIpc) is 3.21. The molecule has 170 valence electrons. The van der Waals surface area contributed by atoms with E-state index in [1.165, 1.54) is 38.1 Å². The first-order valence-electron chi connectivity index (χ1n) is 12.3. The lowest BCUT2D eigenvalue weighted by Gasteiger charge is -2.33. The van der Waals surface area contributed by atoms with Gasteiger partial charge in [0.05, 0.1) is 6.21 Å². The van der Waals surface area contributed by atoms with Crippen LogP contribution in [0.5, 0.6) is 0 Å². The molecule has 4 heteroatoms. The third-order valence-electron chi connectivity index (χ3n) is 7.11. The number of rotatable bonds is 5. The van der Waals surface area contributed by atoms with Crippen LogP contribution in [0, 0.1) is 0 Å². The smallest absolute Gasteiger partial charge is 0.0543 e.